The van der Waals surface area contributed by atoms with Crippen LogP contribution < -0.4 is 16.1 Å². The highest BCUT2D eigenvalue weighted by Crippen LogP contribution is 2.64. The number of halogens is 3. The Labute approximate surface area is 465 Å². The molecule has 13 atom stereocenters. The molecule has 12 nitrogen and oxygen atoms in total. The van der Waals surface area contributed by atoms with Gasteiger partial charge in [0.15, 0.2) is 0 Å². The Morgan fingerprint density at radius 1 is 0.974 bits per heavy atom. The van der Waals surface area contributed by atoms with Gasteiger partial charge in [0.25, 0.3) is 0 Å². The molecule has 6 unspecified atom stereocenters. The molecule has 1 spiro atoms. The third-order valence-electron chi connectivity index (χ3n) is 21.0. The van der Waals surface area contributed by atoms with Crippen LogP contribution in [0.4, 0.5) is 14.5 Å². The van der Waals surface area contributed by atoms with E-state index in [0.717, 1.165) is 76.7 Å². The first-order valence-electron chi connectivity index (χ1n) is 29.4. The van der Waals surface area contributed by atoms with E-state index in [1.54, 1.807) is 11.8 Å². The van der Waals surface area contributed by atoms with Crippen molar-refractivity contribution < 1.29 is 42.2 Å². The van der Waals surface area contributed by atoms with Gasteiger partial charge in [-0.05, 0) is 88.7 Å². The molecular formula is C61H87ClF2N4O8S. The standard InChI is InChI=1S/C61H87ClF2N4O8S/c1-9-36(3)60(7)48(75-50(71)34-77-40-27-38-20-21-39(28-40)66(38)8)31-58(5,10-2)56(37(4)59(6)23-22-46(69)55(59)60)76-49(70)19-17-15-13-11-12-14-16-18-26-74-57(73)42-32-68(45-30-43(45)63)52-41(54(42)72)29-44(64)53(51(52)62)67-33-47(65)61(35-67)24-25-61/h10,29,32,36-40,43,45,47-48,55-56H,2,9,11-28,30-31,33-35,65H2,1,3-8H3/t36?,37-,38?,39?,40?,43+,45?,47-,48+,55?,56-,58+,59?,60-/m1/s1. The number of ether oxygens (including phenoxy) is 3. The Bertz CT molecular complexity index is 2620. The van der Waals surface area contributed by atoms with Gasteiger partial charge in [0, 0.05) is 90.0 Å². The zero-order valence-electron chi connectivity index (χ0n) is 47.0. The second-order valence-corrected chi connectivity index (χ2v) is 27.4. The van der Waals surface area contributed by atoms with E-state index in [1.165, 1.54) is 23.6 Å². The number of Topliss-reactive ketones (excluding diaryl/α,β-unsaturated/α-hetero) is 1. The molecule has 2 aromatic rings. The molecule has 3 saturated heterocycles. The van der Waals surface area contributed by atoms with E-state index in [9.17, 15) is 28.4 Å². The van der Waals surface area contributed by atoms with Gasteiger partial charge in [-0.25, -0.2) is 13.6 Å². The minimum Gasteiger partial charge on any atom is -0.462 e. The largest absolute Gasteiger partial charge is 0.462 e. The van der Waals surface area contributed by atoms with E-state index in [4.69, 9.17) is 31.5 Å². The van der Waals surface area contributed by atoms with E-state index in [-0.39, 0.29) is 99.3 Å². The third kappa shape index (κ3) is 11.3. The number of benzene rings is 1. The minimum atomic E-state index is -1.18. The number of nitrogens with two attached hydrogens (primary N) is 1. The maximum Gasteiger partial charge on any atom is 0.343 e. The van der Waals surface area contributed by atoms with Crippen LogP contribution in [-0.4, -0.2) is 107 Å². The molecule has 0 amide bonds. The van der Waals surface area contributed by atoms with Gasteiger partial charge in [-0.3, -0.25) is 19.2 Å². The molecule has 0 radical (unpaired) electrons. The Morgan fingerprint density at radius 2 is 1.62 bits per heavy atom. The molecule has 3 aliphatic heterocycles. The number of hydrogen-bond donors (Lipinski definition) is 1. The molecule has 7 fully saturated rings. The topological polar surface area (TPSA) is 150 Å². The highest BCUT2D eigenvalue weighted by molar-refractivity contribution is 8.00. The lowest BCUT2D eigenvalue weighted by molar-refractivity contribution is -0.198. The van der Waals surface area contributed by atoms with E-state index < -0.39 is 57.9 Å². The first-order valence-corrected chi connectivity index (χ1v) is 30.8. The molecular weight excluding hydrogens is 1020 g/mol. The summed E-state index contributed by atoms with van der Waals surface area (Å²) in [5, 5.41) is 0.359. The molecule has 4 heterocycles. The summed E-state index contributed by atoms with van der Waals surface area (Å²) in [6.45, 7) is 18.4. The Balaban J connectivity index is 0.741. The van der Waals surface area contributed by atoms with Crippen LogP contribution in [0.25, 0.3) is 10.9 Å². The van der Waals surface area contributed by atoms with E-state index in [1.807, 2.05) is 11.0 Å². The number of fused-ring (bicyclic) bond motifs is 4. The van der Waals surface area contributed by atoms with Crippen molar-refractivity contribution >= 4 is 63.6 Å². The van der Waals surface area contributed by atoms with Gasteiger partial charge in [0.2, 0.25) is 5.43 Å². The minimum absolute atomic E-state index is 0.0194. The van der Waals surface area contributed by atoms with Crippen LogP contribution in [0.5, 0.6) is 0 Å². The maximum atomic E-state index is 15.8. The molecule has 1 aromatic heterocycles. The van der Waals surface area contributed by atoms with Crippen LogP contribution >= 0.6 is 23.4 Å². The van der Waals surface area contributed by atoms with Crippen molar-refractivity contribution in [1.82, 2.24) is 9.47 Å². The molecule has 77 heavy (non-hydrogen) atoms. The number of piperidine rings is 1. The van der Waals surface area contributed by atoms with Crippen molar-refractivity contribution in [1.29, 1.82) is 0 Å². The fraction of sp³-hybridized carbons (Fsp3) is 0.754. The number of hydrogen-bond acceptors (Lipinski definition) is 12. The summed E-state index contributed by atoms with van der Waals surface area (Å²) in [5.41, 5.74) is 3.88. The predicted molar refractivity (Wildman–Crippen MR) is 301 cm³/mol. The SMILES string of the molecule is C=C[C@@]1(C)C[C@H](OC(=O)CSC2CC3CCC(C2)N3C)[C@@](C)(C(C)CC)C2C(=O)CCC2(C)[C@H](C)[C@H]1OC(=O)CCCCCCCCCCOC(=O)c1cn(C2C[C@@H]2F)c2c(Cl)c(N3C[C@@H](N)C4(CC4)C3)c(F)cc2c1=O. The van der Waals surface area contributed by atoms with Gasteiger partial charge in [-0.15, -0.1) is 18.3 Å². The zero-order valence-corrected chi connectivity index (χ0v) is 48.6. The van der Waals surface area contributed by atoms with Gasteiger partial charge in [0.05, 0.1) is 40.0 Å². The number of esters is 3. The Hall–Kier alpha value is -3.53. The summed E-state index contributed by atoms with van der Waals surface area (Å²) < 4.78 is 50.8. The van der Waals surface area contributed by atoms with Crippen LogP contribution in [0.1, 0.15) is 186 Å². The second-order valence-electron chi connectivity index (χ2n) is 25.7. The lowest BCUT2D eigenvalue weighted by Gasteiger charge is -2.58. The fourth-order valence-electron chi connectivity index (χ4n) is 15.3. The molecule has 4 aliphatic carbocycles. The molecule has 7 aliphatic rings. The number of pyridine rings is 1. The molecule has 9 rings (SSSR count). The molecule has 16 heteroatoms. The van der Waals surface area contributed by atoms with Crippen LogP contribution in [0.15, 0.2) is 29.7 Å². The number of carbonyl (C=O) groups is 4. The monoisotopic (exact) mass is 1110 g/mol. The van der Waals surface area contributed by atoms with Crippen molar-refractivity contribution in [2.24, 2.45) is 45.1 Å². The summed E-state index contributed by atoms with van der Waals surface area (Å²) in [6.07, 6.45) is 17.0. The number of rotatable bonds is 22. The van der Waals surface area contributed by atoms with Crippen LogP contribution in [0.3, 0.4) is 0 Å². The molecule has 4 saturated carbocycles. The summed E-state index contributed by atoms with van der Waals surface area (Å²) in [6, 6.07) is 1.53. The second kappa shape index (κ2) is 23.1. The Kier molecular flexibility index (Phi) is 17.5. The Morgan fingerprint density at radius 3 is 2.23 bits per heavy atom. The number of unbranched alkanes of at least 4 members (excludes halogenated alkanes) is 7. The number of ketones is 1. The molecule has 426 valence electrons. The van der Waals surface area contributed by atoms with Crippen molar-refractivity contribution in [3.63, 3.8) is 0 Å². The van der Waals surface area contributed by atoms with Crippen molar-refractivity contribution in [2.75, 3.05) is 37.4 Å². The highest BCUT2D eigenvalue weighted by Gasteiger charge is 2.65. The third-order valence-corrected chi connectivity index (χ3v) is 22.6. The number of alkyl halides is 1. The van der Waals surface area contributed by atoms with Gasteiger partial charge >= 0.3 is 17.9 Å². The van der Waals surface area contributed by atoms with Gasteiger partial charge in [0.1, 0.15) is 35.5 Å². The number of carbonyl (C=O) groups excluding carboxylic acids is 4. The average molecular weight is 1110 g/mol. The van der Waals surface area contributed by atoms with E-state index in [2.05, 4.69) is 60.1 Å². The van der Waals surface area contributed by atoms with Crippen LogP contribution in [0, 0.1) is 45.2 Å². The quantitative estimate of drug-likeness (QED) is 0.0517. The van der Waals surface area contributed by atoms with E-state index >= 15 is 4.39 Å². The molecule has 2 N–H and O–H groups in total. The summed E-state index contributed by atoms with van der Waals surface area (Å²) >= 11 is 8.61. The summed E-state index contributed by atoms with van der Waals surface area (Å²) in [5.74, 6) is -1.98. The lowest BCUT2D eigenvalue weighted by atomic mass is 9.48. The van der Waals surface area contributed by atoms with Crippen LogP contribution in [0.2, 0.25) is 5.02 Å². The van der Waals surface area contributed by atoms with Crippen molar-refractivity contribution in [2.45, 2.75) is 218 Å². The average Bonchev–Trinajstić information content (AvgIpc) is 4.28. The fourth-order valence-corrected chi connectivity index (χ4v) is 16.8. The number of anilines is 1. The van der Waals surface area contributed by atoms with Gasteiger partial charge < -0.3 is 34.3 Å². The first-order chi connectivity index (χ1) is 36.6. The van der Waals surface area contributed by atoms with Gasteiger partial charge in [-0.1, -0.05) is 104 Å². The highest BCUT2D eigenvalue weighted by atomic mass is 35.5. The van der Waals surface area contributed by atoms with Crippen molar-refractivity contribution in [3.05, 3.63) is 51.5 Å². The number of thioether (sulfide) groups is 1. The van der Waals surface area contributed by atoms with E-state index in [0.29, 0.717) is 62.5 Å². The number of nitrogens with zero attached hydrogens (tertiary/aromatic N) is 3. The number of aromatic nitrogens is 1. The first kappa shape index (κ1) is 58.1. The normalized spacial score (nSPS) is 34.6. The molecule has 2 bridgehead atoms. The van der Waals surface area contributed by atoms with Gasteiger partial charge in [-0.2, -0.15) is 0 Å². The zero-order chi connectivity index (χ0) is 55.4. The smallest absolute Gasteiger partial charge is 0.343 e. The van der Waals surface area contributed by atoms with Crippen LogP contribution in [-0.2, 0) is 28.6 Å². The summed E-state index contributed by atoms with van der Waals surface area (Å²) in [7, 11) is 2.23. The summed E-state index contributed by atoms with van der Waals surface area (Å²) in [4.78, 5) is 73.6. The predicted octanol–water partition coefficient (Wildman–Crippen LogP) is 12.1. The molecule has 1 aromatic carbocycles. The van der Waals surface area contributed by atoms with Crippen molar-refractivity contribution in [3.8, 4) is 0 Å². The maximum absolute atomic E-state index is 15.8. The lowest BCUT2D eigenvalue weighted by Crippen LogP contribution is -2.60.